The molecule has 0 aliphatic carbocycles. The summed E-state index contributed by atoms with van der Waals surface area (Å²) < 4.78 is 2.05. The molecule has 1 amide bonds. The van der Waals surface area contributed by atoms with Gasteiger partial charge >= 0.3 is 0 Å². The molecule has 1 N–H and O–H groups in total. The first-order valence-electron chi connectivity index (χ1n) is 9.16. The lowest BCUT2D eigenvalue weighted by Gasteiger charge is -2.10. The van der Waals surface area contributed by atoms with Crippen LogP contribution >= 0.6 is 35.0 Å². The molecule has 2 aromatic heterocycles. The average molecular weight is 462 g/mol. The minimum absolute atomic E-state index is 0.183. The number of amides is 1. The number of halogens is 2. The van der Waals surface area contributed by atoms with E-state index in [2.05, 4.69) is 25.1 Å². The Balaban J connectivity index is 1.65. The van der Waals surface area contributed by atoms with Gasteiger partial charge in [0.2, 0.25) is 0 Å². The van der Waals surface area contributed by atoms with Crippen molar-refractivity contribution in [3.63, 3.8) is 0 Å². The van der Waals surface area contributed by atoms with Crippen LogP contribution in [-0.2, 0) is 4.79 Å². The Bertz CT molecular complexity index is 1110. The molecule has 0 aliphatic heterocycles. The number of thioether (sulfide) groups is 1. The second-order valence-corrected chi connectivity index (χ2v) is 8.53. The van der Waals surface area contributed by atoms with E-state index in [1.165, 1.54) is 11.8 Å². The van der Waals surface area contributed by atoms with Gasteiger partial charge in [-0.1, -0.05) is 35.0 Å². The lowest BCUT2D eigenvalue weighted by Crippen LogP contribution is -2.19. The van der Waals surface area contributed by atoms with Crippen molar-refractivity contribution in [3.05, 3.63) is 68.7 Å². The van der Waals surface area contributed by atoms with Crippen molar-refractivity contribution in [2.45, 2.75) is 32.9 Å². The van der Waals surface area contributed by atoms with Gasteiger partial charge in [0.25, 0.3) is 5.91 Å². The van der Waals surface area contributed by atoms with Crippen LogP contribution in [-0.4, -0.2) is 32.4 Å². The number of hydrogen-bond donors (Lipinski definition) is 1. The minimum Gasteiger partial charge on any atom is -0.318 e. The van der Waals surface area contributed by atoms with Crippen LogP contribution in [0.3, 0.4) is 0 Å². The van der Waals surface area contributed by atoms with Crippen LogP contribution in [0.1, 0.15) is 28.3 Å². The van der Waals surface area contributed by atoms with E-state index < -0.39 is 0 Å². The molecule has 0 atom stereocenters. The van der Waals surface area contributed by atoms with Gasteiger partial charge in [0.1, 0.15) is 0 Å². The molecular formula is C21H21Cl2N5OS. The summed E-state index contributed by atoms with van der Waals surface area (Å²) in [6, 6.07) is 9.37. The first-order chi connectivity index (χ1) is 14.2. The molecule has 0 aliphatic rings. The quantitative estimate of drug-likeness (QED) is 0.241. The molecule has 3 aromatic rings. The van der Waals surface area contributed by atoms with Crippen molar-refractivity contribution in [2.24, 2.45) is 5.10 Å². The summed E-state index contributed by atoms with van der Waals surface area (Å²) in [5.74, 6) is -0.0417. The van der Waals surface area contributed by atoms with Crippen LogP contribution in [0.25, 0.3) is 5.69 Å². The lowest BCUT2D eigenvalue weighted by atomic mass is 10.2. The first-order valence-corrected chi connectivity index (χ1v) is 10.9. The van der Waals surface area contributed by atoms with Crippen LogP contribution in [0.2, 0.25) is 10.0 Å². The number of benzene rings is 1. The van der Waals surface area contributed by atoms with E-state index in [0.29, 0.717) is 15.2 Å². The molecule has 0 fully saturated rings. The summed E-state index contributed by atoms with van der Waals surface area (Å²) in [6.45, 7) is 7.77. The Morgan fingerprint density at radius 1 is 1.10 bits per heavy atom. The van der Waals surface area contributed by atoms with Crippen molar-refractivity contribution in [1.29, 1.82) is 0 Å². The monoisotopic (exact) mass is 461 g/mol. The number of aryl methyl sites for hydroxylation is 3. The van der Waals surface area contributed by atoms with Crippen molar-refractivity contribution in [1.82, 2.24) is 20.0 Å². The third-order valence-electron chi connectivity index (χ3n) is 4.32. The molecule has 156 valence electrons. The highest BCUT2D eigenvalue weighted by Crippen LogP contribution is 2.27. The number of nitrogens with zero attached hydrogens (tertiary/aromatic N) is 4. The van der Waals surface area contributed by atoms with Crippen molar-refractivity contribution in [2.75, 3.05) is 5.75 Å². The predicted octanol–water partition coefficient (Wildman–Crippen LogP) is 5.05. The van der Waals surface area contributed by atoms with Gasteiger partial charge in [-0.2, -0.15) is 5.10 Å². The van der Waals surface area contributed by atoms with E-state index in [-0.39, 0.29) is 11.7 Å². The third-order valence-corrected chi connectivity index (χ3v) is 5.91. The van der Waals surface area contributed by atoms with Crippen LogP contribution in [0.15, 0.2) is 40.6 Å². The number of carbonyl (C=O) groups excluding carboxylic acids is 1. The number of aromatic nitrogens is 3. The van der Waals surface area contributed by atoms with E-state index in [9.17, 15) is 4.79 Å². The van der Waals surface area contributed by atoms with Gasteiger partial charge in [0.05, 0.1) is 22.0 Å². The second kappa shape index (κ2) is 9.64. The van der Waals surface area contributed by atoms with Gasteiger partial charge in [0.15, 0.2) is 5.16 Å². The normalized spacial score (nSPS) is 11.3. The average Bonchev–Trinajstić information content (AvgIpc) is 2.95. The Kier molecular flexibility index (Phi) is 7.18. The van der Waals surface area contributed by atoms with Gasteiger partial charge in [-0.3, -0.25) is 4.79 Å². The fourth-order valence-electron chi connectivity index (χ4n) is 3.03. The molecule has 0 saturated heterocycles. The van der Waals surface area contributed by atoms with Gasteiger partial charge in [-0.15, -0.1) is 0 Å². The largest absolute Gasteiger partial charge is 0.318 e. The van der Waals surface area contributed by atoms with E-state index >= 15 is 0 Å². The molecule has 0 bridgehead atoms. The maximum atomic E-state index is 12.1. The molecule has 6 nitrogen and oxygen atoms in total. The van der Waals surface area contributed by atoms with Crippen LogP contribution in [0.4, 0.5) is 0 Å². The van der Waals surface area contributed by atoms with Crippen molar-refractivity contribution < 1.29 is 4.79 Å². The molecule has 0 saturated carbocycles. The molecule has 0 unspecified atom stereocenters. The fourth-order valence-corrected chi connectivity index (χ4v) is 4.07. The molecule has 0 spiro atoms. The fraction of sp³-hybridized carbons (Fsp3) is 0.238. The summed E-state index contributed by atoms with van der Waals surface area (Å²) in [5, 5.41) is 5.68. The summed E-state index contributed by atoms with van der Waals surface area (Å²) in [4.78, 5) is 20.7. The van der Waals surface area contributed by atoms with E-state index in [4.69, 9.17) is 23.2 Å². The van der Waals surface area contributed by atoms with Gasteiger partial charge in [0, 0.05) is 34.0 Å². The second-order valence-electron chi connectivity index (χ2n) is 6.78. The van der Waals surface area contributed by atoms with Crippen LogP contribution < -0.4 is 5.43 Å². The predicted molar refractivity (Wildman–Crippen MR) is 123 cm³/mol. The summed E-state index contributed by atoms with van der Waals surface area (Å²) in [6.07, 6.45) is 1.63. The highest BCUT2D eigenvalue weighted by Gasteiger charge is 2.11. The number of nitrogens with one attached hydrogen (secondary N) is 1. The van der Waals surface area contributed by atoms with Gasteiger partial charge < -0.3 is 4.57 Å². The molecule has 0 radical (unpaired) electrons. The summed E-state index contributed by atoms with van der Waals surface area (Å²) in [7, 11) is 0. The number of rotatable bonds is 6. The van der Waals surface area contributed by atoms with Crippen LogP contribution in [0.5, 0.6) is 0 Å². The summed E-state index contributed by atoms with van der Waals surface area (Å²) >= 11 is 13.5. The zero-order valence-corrected chi connectivity index (χ0v) is 19.4. The standard InChI is InChI=1S/C21H21Cl2N5OS/c1-12-7-13(2)26-21(25-12)30-11-20(29)27-24-10-16-8-14(3)28(15(16)4)17-5-6-18(22)19(23)9-17/h5-10H,11H2,1-4H3,(H,27,29)/b24-10-. The van der Waals surface area contributed by atoms with Crippen LogP contribution in [0, 0.1) is 27.7 Å². The Hall–Kier alpha value is -2.35. The molecule has 3 rings (SSSR count). The third kappa shape index (κ3) is 5.41. The highest BCUT2D eigenvalue weighted by molar-refractivity contribution is 7.99. The van der Waals surface area contributed by atoms with Gasteiger partial charge in [-0.05, 0) is 58.0 Å². The molecular weight excluding hydrogens is 441 g/mol. The Morgan fingerprint density at radius 3 is 2.47 bits per heavy atom. The zero-order valence-electron chi connectivity index (χ0n) is 17.0. The van der Waals surface area contributed by atoms with Crippen molar-refractivity contribution >= 4 is 47.1 Å². The zero-order chi connectivity index (χ0) is 21.8. The van der Waals surface area contributed by atoms with E-state index in [1.807, 2.05) is 52.0 Å². The molecule has 1 aromatic carbocycles. The first kappa shape index (κ1) is 22.3. The number of hydrazone groups is 1. The maximum Gasteiger partial charge on any atom is 0.250 e. The van der Waals surface area contributed by atoms with E-state index in [1.54, 1.807) is 12.3 Å². The van der Waals surface area contributed by atoms with Gasteiger partial charge in [-0.25, -0.2) is 15.4 Å². The molecule has 30 heavy (non-hydrogen) atoms. The topological polar surface area (TPSA) is 72.2 Å². The van der Waals surface area contributed by atoms with Crippen molar-refractivity contribution in [3.8, 4) is 5.69 Å². The number of hydrogen-bond acceptors (Lipinski definition) is 5. The number of carbonyl (C=O) groups is 1. The molecule has 9 heteroatoms. The lowest BCUT2D eigenvalue weighted by molar-refractivity contribution is -0.118. The Morgan fingerprint density at radius 2 is 1.80 bits per heavy atom. The SMILES string of the molecule is Cc1cc(C)nc(SCC(=O)N/N=C\c2cc(C)n(-c3ccc(Cl)c(Cl)c3)c2C)n1. The maximum absolute atomic E-state index is 12.1. The Labute approximate surface area is 189 Å². The highest BCUT2D eigenvalue weighted by atomic mass is 35.5. The van der Waals surface area contributed by atoms with E-state index in [0.717, 1.165) is 34.0 Å². The smallest absolute Gasteiger partial charge is 0.250 e. The summed E-state index contributed by atoms with van der Waals surface area (Å²) in [5.41, 5.74) is 8.09. The minimum atomic E-state index is -0.225. The molecule has 2 heterocycles.